The Balaban J connectivity index is 2.25. The number of carbonyl (C=O) groups is 1. The van der Waals surface area contributed by atoms with E-state index in [9.17, 15) is 4.79 Å². The molecule has 0 saturated carbocycles. The number of nitrogens with two attached hydrogens (primary N) is 1. The van der Waals surface area contributed by atoms with Gasteiger partial charge in [-0.05, 0) is 24.6 Å². The average Bonchev–Trinajstić information content (AvgIpc) is 2.28. The number of rotatable bonds is 7. The van der Waals surface area contributed by atoms with Crippen LogP contribution in [0, 0.1) is 0 Å². The zero-order chi connectivity index (χ0) is 12.7. The quantitative estimate of drug-likeness (QED) is 0.727. The van der Waals surface area contributed by atoms with Gasteiger partial charge >= 0.3 is 0 Å². The van der Waals surface area contributed by atoms with Crippen LogP contribution in [0.3, 0.4) is 0 Å². The minimum Gasteiger partial charge on any atom is -0.370 e. The van der Waals surface area contributed by atoms with Crippen molar-refractivity contribution in [3.8, 4) is 0 Å². The Labute approximate surface area is 106 Å². The van der Waals surface area contributed by atoms with E-state index in [1.807, 2.05) is 31.2 Å². The van der Waals surface area contributed by atoms with Crippen molar-refractivity contribution >= 4 is 17.5 Å². The summed E-state index contributed by atoms with van der Waals surface area (Å²) in [5, 5.41) is 3.99. The summed E-state index contributed by atoms with van der Waals surface area (Å²) in [6.07, 6.45) is 0. The van der Waals surface area contributed by atoms with Crippen LogP contribution in [-0.2, 0) is 9.53 Å². The number of halogens is 1. The van der Waals surface area contributed by atoms with Crippen LogP contribution < -0.4 is 11.1 Å². The van der Waals surface area contributed by atoms with Crippen molar-refractivity contribution in [2.24, 2.45) is 5.73 Å². The maximum atomic E-state index is 10.4. The Morgan fingerprint density at radius 3 is 3.00 bits per heavy atom. The number of primary amides is 1. The van der Waals surface area contributed by atoms with Gasteiger partial charge in [-0.1, -0.05) is 23.7 Å². The summed E-state index contributed by atoms with van der Waals surface area (Å²) in [5.41, 5.74) is 6.06. The smallest absolute Gasteiger partial charge is 0.243 e. The molecule has 0 fully saturated rings. The van der Waals surface area contributed by atoms with E-state index in [2.05, 4.69) is 5.32 Å². The molecule has 1 unspecified atom stereocenters. The van der Waals surface area contributed by atoms with Gasteiger partial charge in [0.15, 0.2) is 0 Å². The number of hydrogen-bond donors (Lipinski definition) is 2. The molecule has 0 saturated heterocycles. The van der Waals surface area contributed by atoms with Crippen molar-refractivity contribution < 1.29 is 9.53 Å². The first-order valence-electron chi connectivity index (χ1n) is 5.44. The fourth-order valence-electron chi connectivity index (χ4n) is 1.41. The van der Waals surface area contributed by atoms with E-state index < -0.39 is 5.91 Å². The Kier molecular flexibility index (Phi) is 5.97. The summed E-state index contributed by atoms with van der Waals surface area (Å²) >= 11 is 5.90. The number of hydrogen-bond acceptors (Lipinski definition) is 3. The number of ether oxygens (including phenoxy) is 1. The predicted octanol–water partition coefficient (Wildman–Crippen LogP) is 1.49. The van der Waals surface area contributed by atoms with Crippen molar-refractivity contribution in [1.82, 2.24) is 5.32 Å². The van der Waals surface area contributed by atoms with Gasteiger partial charge < -0.3 is 15.8 Å². The number of nitrogens with one attached hydrogen (secondary N) is 1. The predicted molar refractivity (Wildman–Crippen MR) is 67.9 cm³/mol. The van der Waals surface area contributed by atoms with Crippen LogP contribution >= 0.6 is 11.6 Å². The third kappa shape index (κ3) is 5.68. The third-order valence-electron chi connectivity index (χ3n) is 2.29. The second kappa shape index (κ2) is 7.27. The fourth-order valence-corrected chi connectivity index (χ4v) is 1.61. The Morgan fingerprint density at radius 2 is 2.35 bits per heavy atom. The van der Waals surface area contributed by atoms with Crippen LogP contribution in [0.15, 0.2) is 24.3 Å². The van der Waals surface area contributed by atoms with Crippen LogP contribution in [-0.4, -0.2) is 25.7 Å². The second-order valence-corrected chi connectivity index (χ2v) is 4.19. The zero-order valence-corrected chi connectivity index (χ0v) is 10.5. The van der Waals surface area contributed by atoms with Crippen molar-refractivity contribution in [2.75, 3.05) is 19.8 Å². The van der Waals surface area contributed by atoms with E-state index >= 15 is 0 Å². The lowest BCUT2D eigenvalue weighted by Crippen LogP contribution is -2.25. The molecule has 0 radical (unpaired) electrons. The van der Waals surface area contributed by atoms with E-state index in [0.29, 0.717) is 13.2 Å². The number of carbonyl (C=O) groups excluding carboxylic acids is 1. The summed E-state index contributed by atoms with van der Waals surface area (Å²) in [5.74, 6) is -0.451. The molecule has 94 valence electrons. The van der Waals surface area contributed by atoms with E-state index in [1.54, 1.807) is 0 Å². The lowest BCUT2D eigenvalue weighted by Gasteiger charge is -2.14. The van der Waals surface area contributed by atoms with E-state index in [1.165, 1.54) is 0 Å². The van der Waals surface area contributed by atoms with Crippen LogP contribution in [0.1, 0.15) is 18.5 Å². The molecule has 5 heteroatoms. The van der Waals surface area contributed by atoms with Crippen LogP contribution in [0.2, 0.25) is 5.02 Å². The molecule has 0 aliphatic carbocycles. The van der Waals surface area contributed by atoms with Gasteiger partial charge in [0.25, 0.3) is 0 Å². The van der Waals surface area contributed by atoms with Crippen molar-refractivity contribution in [1.29, 1.82) is 0 Å². The number of amides is 1. The SMILES string of the molecule is CC(NCCOCC(N)=O)c1cccc(Cl)c1. The Morgan fingerprint density at radius 1 is 1.59 bits per heavy atom. The van der Waals surface area contributed by atoms with Gasteiger partial charge in [0, 0.05) is 17.6 Å². The first kappa shape index (κ1) is 14.0. The average molecular weight is 257 g/mol. The van der Waals surface area contributed by atoms with Gasteiger partial charge in [0.2, 0.25) is 5.91 Å². The highest BCUT2D eigenvalue weighted by atomic mass is 35.5. The maximum absolute atomic E-state index is 10.4. The lowest BCUT2D eigenvalue weighted by atomic mass is 10.1. The van der Waals surface area contributed by atoms with Crippen molar-refractivity contribution in [3.63, 3.8) is 0 Å². The molecular weight excluding hydrogens is 240 g/mol. The molecule has 3 N–H and O–H groups in total. The van der Waals surface area contributed by atoms with Gasteiger partial charge in [-0.2, -0.15) is 0 Å². The molecule has 1 amide bonds. The van der Waals surface area contributed by atoms with Gasteiger partial charge in [-0.25, -0.2) is 0 Å². The zero-order valence-electron chi connectivity index (χ0n) is 9.78. The molecule has 1 aromatic rings. The molecule has 0 spiro atoms. The third-order valence-corrected chi connectivity index (χ3v) is 2.53. The molecule has 0 aliphatic heterocycles. The molecule has 0 aromatic heterocycles. The summed E-state index contributed by atoms with van der Waals surface area (Å²) in [7, 11) is 0. The molecular formula is C12H17ClN2O2. The Hall–Kier alpha value is -1.10. The van der Waals surface area contributed by atoms with Crippen LogP contribution in [0.5, 0.6) is 0 Å². The molecule has 1 aromatic carbocycles. The van der Waals surface area contributed by atoms with E-state index in [0.717, 1.165) is 10.6 Å². The normalized spacial score (nSPS) is 12.4. The van der Waals surface area contributed by atoms with Gasteiger partial charge in [0.1, 0.15) is 6.61 Å². The van der Waals surface area contributed by atoms with Crippen molar-refractivity contribution in [2.45, 2.75) is 13.0 Å². The van der Waals surface area contributed by atoms with Gasteiger partial charge in [-0.15, -0.1) is 0 Å². The minimum absolute atomic E-state index is 0.0345. The maximum Gasteiger partial charge on any atom is 0.243 e. The first-order valence-corrected chi connectivity index (χ1v) is 5.82. The monoisotopic (exact) mass is 256 g/mol. The summed E-state index contributed by atoms with van der Waals surface area (Å²) in [6.45, 7) is 3.11. The fraction of sp³-hybridized carbons (Fsp3) is 0.417. The molecule has 0 aliphatic rings. The van der Waals surface area contributed by atoms with Gasteiger partial charge in [-0.3, -0.25) is 4.79 Å². The summed E-state index contributed by atoms with van der Waals surface area (Å²) < 4.78 is 5.04. The molecule has 1 atom stereocenters. The highest BCUT2D eigenvalue weighted by Crippen LogP contribution is 2.16. The van der Waals surface area contributed by atoms with Crippen LogP contribution in [0.4, 0.5) is 0 Å². The minimum atomic E-state index is -0.451. The van der Waals surface area contributed by atoms with E-state index in [-0.39, 0.29) is 12.6 Å². The summed E-state index contributed by atoms with van der Waals surface area (Å²) in [6, 6.07) is 7.87. The standard InChI is InChI=1S/C12H17ClN2O2/c1-9(10-3-2-4-11(13)7-10)15-5-6-17-8-12(14)16/h2-4,7,9,15H,5-6,8H2,1H3,(H2,14,16). The largest absolute Gasteiger partial charge is 0.370 e. The highest BCUT2D eigenvalue weighted by Gasteiger charge is 2.04. The first-order chi connectivity index (χ1) is 8.09. The summed E-state index contributed by atoms with van der Waals surface area (Å²) in [4.78, 5) is 10.4. The molecule has 17 heavy (non-hydrogen) atoms. The molecule has 0 heterocycles. The Bertz CT molecular complexity index is 371. The highest BCUT2D eigenvalue weighted by molar-refractivity contribution is 6.30. The van der Waals surface area contributed by atoms with E-state index in [4.69, 9.17) is 22.1 Å². The number of benzene rings is 1. The molecule has 1 rings (SSSR count). The van der Waals surface area contributed by atoms with Crippen LogP contribution in [0.25, 0.3) is 0 Å². The van der Waals surface area contributed by atoms with Gasteiger partial charge in [0.05, 0.1) is 6.61 Å². The second-order valence-electron chi connectivity index (χ2n) is 3.75. The molecule has 4 nitrogen and oxygen atoms in total. The topological polar surface area (TPSA) is 64.3 Å². The lowest BCUT2D eigenvalue weighted by molar-refractivity contribution is -0.122. The van der Waals surface area contributed by atoms with Crippen molar-refractivity contribution in [3.05, 3.63) is 34.9 Å². The molecule has 0 bridgehead atoms.